The first-order chi connectivity index (χ1) is 12.9. The number of benzene rings is 2. The van der Waals surface area contributed by atoms with Gasteiger partial charge in [0.05, 0.1) is 6.61 Å². The number of rotatable bonds is 10. The molecule has 3 heteroatoms. The van der Waals surface area contributed by atoms with Gasteiger partial charge in [-0.3, -0.25) is 0 Å². The van der Waals surface area contributed by atoms with Crippen LogP contribution in [0.1, 0.15) is 45.2 Å². The number of hydrogen-bond acceptors (Lipinski definition) is 2. The molecule has 0 saturated heterocycles. The first-order valence-electron chi connectivity index (χ1n) is 9.61. The molecular weight excluding hydrogens is 447 g/mol. The molecule has 0 spiro atoms. The lowest BCUT2D eigenvalue weighted by Crippen LogP contribution is -2.30. The summed E-state index contributed by atoms with van der Waals surface area (Å²) in [7, 11) is 0. The molecule has 0 N–H and O–H groups in total. The van der Waals surface area contributed by atoms with Crippen LogP contribution >= 0.6 is 20.7 Å². The summed E-state index contributed by atoms with van der Waals surface area (Å²) in [6, 6.07) is 19.0. The van der Waals surface area contributed by atoms with Crippen molar-refractivity contribution in [1.82, 2.24) is 0 Å². The van der Waals surface area contributed by atoms with E-state index in [1.807, 2.05) is 6.07 Å². The lowest BCUT2D eigenvalue weighted by atomic mass is 9.82. The van der Waals surface area contributed by atoms with E-state index in [1.54, 1.807) is 0 Å². The molecule has 0 saturated carbocycles. The standard InChI is InChI=1S/C24H33IO2/c1-19(2)18-26-23(27-22-13-9-12-21(14-22)17-25-5)16-24(3,4)15-20-10-7-6-8-11-20/h6-14,17,19,23H,15-16,18H2,1-5H3. The molecule has 148 valence electrons. The van der Waals surface area contributed by atoms with Crippen LogP contribution in [0.25, 0.3) is 0 Å². The molecule has 27 heavy (non-hydrogen) atoms. The zero-order valence-corrected chi connectivity index (χ0v) is 19.4. The fraction of sp³-hybridized carbons (Fsp3) is 0.458. The van der Waals surface area contributed by atoms with E-state index < -0.39 is 0 Å². The molecule has 1 atom stereocenters. The molecule has 2 aromatic carbocycles. The second kappa shape index (κ2) is 11.0. The number of hydrogen-bond donors (Lipinski definition) is 0. The zero-order valence-electron chi connectivity index (χ0n) is 17.2. The molecule has 0 aliphatic carbocycles. The van der Waals surface area contributed by atoms with E-state index in [1.165, 1.54) is 11.1 Å². The Bertz CT molecular complexity index is 707. The Morgan fingerprint density at radius 2 is 1.78 bits per heavy atom. The third-order valence-electron chi connectivity index (χ3n) is 4.22. The average molecular weight is 480 g/mol. The monoisotopic (exact) mass is 480 g/mol. The normalized spacial score (nSPS) is 13.6. The van der Waals surface area contributed by atoms with Crippen molar-refractivity contribution in [2.24, 2.45) is 11.3 Å². The first kappa shape index (κ1) is 22.1. The topological polar surface area (TPSA) is 18.5 Å². The summed E-state index contributed by atoms with van der Waals surface area (Å²) in [6.07, 6.45) is 1.62. The van der Waals surface area contributed by atoms with Gasteiger partial charge >= 0.3 is 0 Å². The summed E-state index contributed by atoms with van der Waals surface area (Å²) < 4.78 is 14.8. The van der Waals surface area contributed by atoms with Crippen molar-refractivity contribution >= 4 is 24.7 Å². The van der Waals surface area contributed by atoms with Crippen LogP contribution in [0.15, 0.2) is 54.6 Å². The van der Waals surface area contributed by atoms with Crippen LogP contribution in [-0.2, 0) is 11.2 Å². The third kappa shape index (κ3) is 8.56. The van der Waals surface area contributed by atoms with Gasteiger partial charge in [-0.25, -0.2) is 0 Å². The van der Waals surface area contributed by atoms with Gasteiger partial charge in [-0.05, 0) is 50.0 Å². The third-order valence-corrected chi connectivity index (χ3v) is 5.56. The van der Waals surface area contributed by atoms with Crippen LogP contribution in [0.4, 0.5) is 0 Å². The summed E-state index contributed by atoms with van der Waals surface area (Å²) in [5.74, 6) is 1.38. The molecule has 0 aromatic heterocycles. The number of alkyl halides is 1. The van der Waals surface area contributed by atoms with Crippen molar-refractivity contribution in [3.05, 3.63) is 65.7 Å². The van der Waals surface area contributed by atoms with Gasteiger partial charge in [0.15, 0.2) is 6.29 Å². The van der Waals surface area contributed by atoms with E-state index in [0.29, 0.717) is 12.5 Å². The Morgan fingerprint density at radius 3 is 2.44 bits per heavy atom. The molecule has 2 aromatic rings. The minimum atomic E-state index is -0.238. The largest absolute Gasteiger partial charge is 0.465 e. The molecule has 0 fully saturated rings. The summed E-state index contributed by atoms with van der Waals surface area (Å²) in [5.41, 5.74) is 2.68. The van der Waals surface area contributed by atoms with E-state index in [0.717, 1.165) is 18.6 Å². The molecule has 0 heterocycles. The maximum atomic E-state index is 6.30. The van der Waals surface area contributed by atoms with Crippen molar-refractivity contribution in [1.29, 1.82) is 0 Å². The van der Waals surface area contributed by atoms with Gasteiger partial charge in [0.1, 0.15) is 5.75 Å². The Hall–Kier alpha value is -1.20. The highest BCUT2D eigenvalue weighted by Crippen LogP contribution is 2.30. The Morgan fingerprint density at radius 1 is 1.04 bits per heavy atom. The molecule has 0 radical (unpaired) electrons. The highest BCUT2D eigenvalue weighted by Gasteiger charge is 2.26. The van der Waals surface area contributed by atoms with E-state index in [4.69, 9.17) is 9.47 Å². The Labute approximate surface area is 175 Å². The van der Waals surface area contributed by atoms with Gasteiger partial charge in [-0.2, -0.15) is 0 Å². The second-order valence-corrected chi connectivity index (χ2v) is 10.1. The predicted octanol–water partition coefficient (Wildman–Crippen LogP) is 6.47. The summed E-state index contributed by atoms with van der Waals surface area (Å²) in [5, 5.41) is 0. The highest BCUT2D eigenvalue weighted by atomic mass is 127. The maximum absolute atomic E-state index is 6.30. The van der Waals surface area contributed by atoms with Crippen molar-refractivity contribution in [3.63, 3.8) is 0 Å². The van der Waals surface area contributed by atoms with Gasteiger partial charge in [0.2, 0.25) is 0 Å². The first-order valence-corrected chi connectivity index (χ1v) is 13.0. The van der Waals surface area contributed by atoms with Gasteiger partial charge < -0.3 is 9.47 Å². The van der Waals surface area contributed by atoms with Crippen LogP contribution in [0, 0.1) is 11.3 Å². The van der Waals surface area contributed by atoms with Crippen LogP contribution < -0.4 is 4.74 Å². The molecule has 2 nitrogen and oxygen atoms in total. The number of ether oxygens (including phenoxy) is 2. The molecule has 1 unspecified atom stereocenters. The lowest BCUT2D eigenvalue weighted by Gasteiger charge is -2.30. The van der Waals surface area contributed by atoms with Crippen molar-refractivity contribution in [3.8, 4) is 5.75 Å². The van der Waals surface area contributed by atoms with Crippen LogP contribution in [0.2, 0.25) is 0 Å². The average Bonchev–Trinajstić information content (AvgIpc) is 2.60. The van der Waals surface area contributed by atoms with E-state index in [-0.39, 0.29) is 32.4 Å². The Balaban J connectivity index is 2.09. The lowest BCUT2D eigenvalue weighted by molar-refractivity contribution is -0.109. The predicted molar refractivity (Wildman–Crippen MR) is 125 cm³/mol. The fourth-order valence-corrected chi connectivity index (χ4v) is 4.15. The van der Waals surface area contributed by atoms with Crippen molar-refractivity contribution in [2.75, 3.05) is 11.5 Å². The van der Waals surface area contributed by atoms with Gasteiger partial charge in [0, 0.05) is 6.42 Å². The van der Waals surface area contributed by atoms with Crippen molar-refractivity contribution < 1.29 is 9.47 Å². The van der Waals surface area contributed by atoms with Gasteiger partial charge in [-0.1, -0.05) is 70.2 Å². The van der Waals surface area contributed by atoms with E-state index in [2.05, 4.69) is 85.2 Å². The van der Waals surface area contributed by atoms with Gasteiger partial charge in [0.25, 0.3) is 0 Å². The fourth-order valence-electron chi connectivity index (χ4n) is 3.04. The minimum absolute atomic E-state index is 0.0849. The van der Waals surface area contributed by atoms with Crippen LogP contribution in [0.3, 0.4) is 0 Å². The molecule has 0 aliphatic rings. The van der Waals surface area contributed by atoms with Crippen LogP contribution in [0.5, 0.6) is 5.75 Å². The molecule has 0 amide bonds. The zero-order chi connectivity index (χ0) is 19.7. The summed E-state index contributed by atoms with van der Waals surface area (Å²) in [6.45, 7) is 9.64. The van der Waals surface area contributed by atoms with Crippen LogP contribution in [-0.4, -0.2) is 21.8 Å². The SMILES string of the molecule is CI=Cc1cccc(OC(CC(C)(C)Cc2ccccc2)OCC(C)C)c1. The summed E-state index contributed by atoms with van der Waals surface area (Å²) in [4.78, 5) is 2.26. The quantitative estimate of drug-likeness (QED) is 0.220. The van der Waals surface area contributed by atoms with E-state index in [9.17, 15) is 0 Å². The van der Waals surface area contributed by atoms with Crippen molar-refractivity contribution in [2.45, 2.75) is 46.8 Å². The highest BCUT2D eigenvalue weighted by molar-refractivity contribution is 14.2. The Kier molecular flexibility index (Phi) is 8.97. The maximum Gasteiger partial charge on any atom is 0.200 e. The van der Waals surface area contributed by atoms with Gasteiger partial charge in [-0.15, -0.1) is 20.7 Å². The molecular formula is C24H33IO2. The smallest absolute Gasteiger partial charge is 0.200 e. The number of halogens is 1. The minimum Gasteiger partial charge on any atom is -0.465 e. The molecule has 0 aliphatic heterocycles. The molecule has 0 bridgehead atoms. The van der Waals surface area contributed by atoms with E-state index >= 15 is 0 Å². The summed E-state index contributed by atoms with van der Waals surface area (Å²) >= 11 is 0.116. The molecule has 2 rings (SSSR count). The second-order valence-electron chi connectivity index (χ2n) is 8.21.